The summed E-state index contributed by atoms with van der Waals surface area (Å²) >= 11 is 10.9. The Morgan fingerprint density at radius 1 is 1.47 bits per heavy atom. The van der Waals surface area contributed by atoms with Gasteiger partial charge in [0, 0.05) is 33.5 Å². The van der Waals surface area contributed by atoms with Crippen LogP contribution in [0.5, 0.6) is 5.75 Å². The van der Waals surface area contributed by atoms with Gasteiger partial charge in [0.05, 0.1) is 11.2 Å². The quantitative estimate of drug-likeness (QED) is 0.929. The minimum Gasteiger partial charge on any atom is -0.482 e. The Balaban J connectivity index is 2.15. The van der Waals surface area contributed by atoms with Crippen molar-refractivity contribution < 1.29 is 4.74 Å². The van der Waals surface area contributed by atoms with Crippen LogP contribution in [0.4, 0.5) is 0 Å². The second-order valence-electron chi connectivity index (χ2n) is 3.35. The summed E-state index contributed by atoms with van der Waals surface area (Å²) in [5.41, 5.74) is 5.71. The van der Waals surface area contributed by atoms with Gasteiger partial charge in [0.15, 0.2) is 0 Å². The lowest BCUT2D eigenvalue weighted by Crippen LogP contribution is -2.17. The largest absolute Gasteiger partial charge is 0.482 e. The topological polar surface area (TPSA) is 48.1 Å². The predicted octanol–water partition coefficient (Wildman–Crippen LogP) is 3.64. The molecule has 3 nitrogen and oxygen atoms in total. The van der Waals surface area contributed by atoms with E-state index in [9.17, 15) is 0 Å². The predicted molar refractivity (Wildman–Crippen MR) is 73.7 cm³/mol. The summed E-state index contributed by atoms with van der Waals surface area (Å²) in [6.07, 6.45) is 3.01. The molecule has 0 spiro atoms. The summed E-state index contributed by atoms with van der Waals surface area (Å²) in [5.74, 6) is 0.623. The molecule has 0 aromatic carbocycles. The standard InChI is InChI=1S/C11H10BrClN2OS/c12-7-1-11(17-6-7)10(3-14)16-9-2-8(13)4-15-5-9/h1-2,4-6,10H,3,14H2. The molecule has 0 aliphatic heterocycles. The molecule has 90 valence electrons. The molecule has 1 atom stereocenters. The molecule has 2 aromatic heterocycles. The maximum Gasteiger partial charge on any atom is 0.145 e. The van der Waals surface area contributed by atoms with Crippen molar-refractivity contribution in [1.82, 2.24) is 4.98 Å². The van der Waals surface area contributed by atoms with Crippen molar-refractivity contribution in [3.8, 4) is 5.75 Å². The van der Waals surface area contributed by atoms with Crippen molar-refractivity contribution in [2.24, 2.45) is 5.73 Å². The molecule has 0 amide bonds. The normalized spacial score (nSPS) is 12.4. The van der Waals surface area contributed by atoms with Gasteiger partial charge >= 0.3 is 0 Å². The van der Waals surface area contributed by atoms with E-state index in [0.717, 1.165) is 9.35 Å². The number of ether oxygens (including phenoxy) is 1. The van der Waals surface area contributed by atoms with E-state index in [2.05, 4.69) is 20.9 Å². The van der Waals surface area contributed by atoms with Gasteiger partial charge in [-0.3, -0.25) is 4.98 Å². The molecule has 2 rings (SSSR count). The highest BCUT2D eigenvalue weighted by Crippen LogP contribution is 2.29. The van der Waals surface area contributed by atoms with Crippen LogP contribution in [0.3, 0.4) is 0 Å². The van der Waals surface area contributed by atoms with E-state index >= 15 is 0 Å². The number of rotatable bonds is 4. The third kappa shape index (κ3) is 3.42. The Labute approximate surface area is 117 Å². The molecule has 0 saturated carbocycles. The highest BCUT2D eigenvalue weighted by molar-refractivity contribution is 9.10. The van der Waals surface area contributed by atoms with E-state index in [-0.39, 0.29) is 6.10 Å². The zero-order valence-electron chi connectivity index (χ0n) is 8.77. The lowest BCUT2D eigenvalue weighted by Gasteiger charge is -2.15. The van der Waals surface area contributed by atoms with Gasteiger partial charge < -0.3 is 10.5 Å². The van der Waals surface area contributed by atoms with E-state index in [1.54, 1.807) is 29.8 Å². The molecule has 2 aromatic rings. The highest BCUT2D eigenvalue weighted by Gasteiger charge is 2.14. The summed E-state index contributed by atoms with van der Waals surface area (Å²) < 4.78 is 6.79. The van der Waals surface area contributed by atoms with Crippen LogP contribution in [0.25, 0.3) is 0 Å². The van der Waals surface area contributed by atoms with Crippen molar-refractivity contribution in [3.05, 3.63) is 44.3 Å². The average molecular weight is 334 g/mol. The monoisotopic (exact) mass is 332 g/mol. The fourth-order valence-electron chi connectivity index (χ4n) is 1.34. The summed E-state index contributed by atoms with van der Waals surface area (Å²) in [6, 6.07) is 3.72. The summed E-state index contributed by atoms with van der Waals surface area (Å²) in [4.78, 5) is 5.04. The Hall–Kier alpha value is -0.620. The smallest absolute Gasteiger partial charge is 0.145 e. The molecule has 1 unspecified atom stereocenters. The van der Waals surface area contributed by atoms with E-state index < -0.39 is 0 Å². The molecule has 0 fully saturated rings. The molecule has 0 aliphatic rings. The maximum absolute atomic E-state index is 5.84. The number of aromatic nitrogens is 1. The fraction of sp³-hybridized carbons (Fsp3) is 0.182. The Kier molecular flexibility index (Phi) is 4.39. The van der Waals surface area contributed by atoms with Crippen LogP contribution in [0.1, 0.15) is 11.0 Å². The number of nitrogens with two attached hydrogens (primary N) is 1. The molecular formula is C11H10BrClN2OS. The molecule has 0 aliphatic carbocycles. The fourth-order valence-corrected chi connectivity index (χ4v) is 2.99. The molecule has 0 radical (unpaired) electrons. The highest BCUT2D eigenvalue weighted by atomic mass is 79.9. The second kappa shape index (κ2) is 5.82. The van der Waals surface area contributed by atoms with Crippen molar-refractivity contribution in [2.75, 3.05) is 6.54 Å². The molecular weight excluding hydrogens is 324 g/mol. The maximum atomic E-state index is 5.84. The number of hydrogen-bond donors (Lipinski definition) is 1. The lowest BCUT2D eigenvalue weighted by atomic mass is 10.3. The molecule has 17 heavy (non-hydrogen) atoms. The Bertz CT molecular complexity index is 506. The first kappa shape index (κ1) is 12.8. The SMILES string of the molecule is NCC(Oc1cncc(Cl)c1)c1cc(Br)cs1. The summed E-state index contributed by atoms with van der Waals surface area (Å²) in [7, 11) is 0. The van der Waals surface area contributed by atoms with Gasteiger partial charge in [-0.15, -0.1) is 11.3 Å². The molecule has 6 heteroatoms. The lowest BCUT2D eigenvalue weighted by molar-refractivity contribution is 0.217. The van der Waals surface area contributed by atoms with Crippen molar-refractivity contribution >= 4 is 38.9 Å². The Morgan fingerprint density at radius 3 is 2.88 bits per heavy atom. The van der Waals surface area contributed by atoms with Crippen molar-refractivity contribution in [3.63, 3.8) is 0 Å². The molecule has 0 bridgehead atoms. The zero-order chi connectivity index (χ0) is 12.3. The van der Waals surface area contributed by atoms with Gasteiger partial charge in [0.1, 0.15) is 11.9 Å². The minimum absolute atomic E-state index is 0.174. The summed E-state index contributed by atoms with van der Waals surface area (Å²) in [6.45, 7) is 0.402. The van der Waals surface area contributed by atoms with E-state index in [4.69, 9.17) is 22.1 Å². The van der Waals surface area contributed by atoms with Gasteiger partial charge in [-0.05, 0) is 22.0 Å². The van der Waals surface area contributed by atoms with Crippen LogP contribution in [0, 0.1) is 0 Å². The second-order valence-corrected chi connectivity index (χ2v) is 5.64. The van der Waals surface area contributed by atoms with Crippen molar-refractivity contribution in [1.29, 1.82) is 0 Å². The van der Waals surface area contributed by atoms with Crippen LogP contribution in [-0.2, 0) is 0 Å². The third-order valence-corrected chi connectivity index (χ3v) is 4.07. The first-order chi connectivity index (χ1) is 8.19. The number of hydrogen-bond acceptors (Lipinski definition) is 4. The van der Waals surface area contributed by atoms with Gasteiger partial charge in [-0.25, -0.2) is 0 Å². The molecule has 2 heterocycles. The van der Waals surface area contributed by atoms with Gasteiger partial charge in [-0.1, -0.05) is 11.6 Å². The zero-order valence-corrected chi connectivity index (χ0v) is 11.9. The molecule has 0 saturated heterocycles. The molecule has 2 N–H and O–H groups in total. The summed E-state index contributed by atoms with van der Waals surface area (Å²) in [5, 5.41) is 2.54. The number of thiophene rings is 1. The Morgan fingerprint density at radius 2 is 2.29 bits per heavy atom. The van der Waals surface area contributed by atoms with Crippen LogP contribution in [-0.4, -0.2) is 11.5 Å². The van der Waals surface area contributed by atoms with E-state index in [0.29, 0.717) is 17.3 Å². The number of pyridine rings is 1. The van der Waals surface area contributed by atoms with Crippen LogP contribution in [0.2, 0.25) is 5.02 Å². The van der Waals surface area contributed by atoms with E-state index in [1.807, 2.05) is 11.4 Å². The van der Waals surface area contributed by atoms with Gasteiger partial charge in [0.2, 0.25) is 0 Å². The first-order valence-corrected chi connectivity index (χ1v) is 6.95. The minimum atomic E-state index is -0.174. The number of halogens is 2. The van der Waals surface area contributed by atoms with Gasteiger partial charge in [-0.2, -0.15) is 0 Å². The van der Waals surface area contributed by atoms with Crippen LogP contribution in [0.15, 0.2) is 34.4 Å². The third-order valence-electron chi connectivity index (χ3n) is 2.08. The number of nitrogens with zero attached hydrogens (tertiary/aromatic N) is 1. The average Bonchev–Trinajstić information content (AvgIpc) is 2.73. The van der Waals surface area contributed by atoms with Crippen molar-refractivity contribution in [2.45, 2.75) is 6.10 Å². The van der Waals surface area contributed by atoms with Gasteiger partial charge in [0.25, 0.3) is 0 Å². The van der Waals surface area contributed by atoms with Crippen LogP contribution >= 0.6 is 38.9 Å². The van der Waals surface area contributed by atoms with Crippen LogP contribution < -0.4 is 10.5 Å². The first-order valence-electron chi connectivity index (χ1n) is 4.90. The van der Waals surface area contributed by atoms with E-state index in [1.165, 1.54) is 0 Å².